The van der Waals surface area contributed by atoms with E-state index in [0.717, 1.165) is 0 Å². The minimum Gasteiger partial charge on any atom is -0.477 e. The number of carbonyl (C=O) groups is 1. The maximum Gasteiger partial charge on any atom is 0.342 e. The quantitative estimate of drug-likeness (QED) is 0.864. The topological polar surface area (TPSA) is 66.3 Å². The lowest BCUT2D eigenvalue weighted by molar-refractivity contribution is 0.0696. The van der Waals surface area contributed by atoms with E-state index in [2.05, 4.69) is 9.97 Å². The molecule has 0 atom stereocenters. The average molecular weight is 292 g/mol. The number of halogens is 2. The molecule has 0 saturated carbocycles. The Bertz CT molecular complexity index is 433. The average Bonchev–Trinajstić information content (AvgIpc) is 2.13. The van der Waals surface area contributed by atoms with Crippen molar-refractivity contribution in [1.29, 1.82) is 0 Å². The van der Waals surface area contributed by atoms with Crippen LogP contribution in [0.25, 0.3) is 0 Å². The summed E-state index contributed by atoms with van der Waals surface area (Å²) in [5.74, 6) is -0.905. The van der Waals surface area contributed by atoms with Gasteiger partial charge in [-0.15, -0.1) is 0 Å². The Morgan fingerprint density at radius 1 is 1.11 bits per heavy atom. The SMILES string of the molecule is CC(C)N(c1nc(Cl)c(C(=O)O)c(Cl)n1)C(C)C. The van der Waals surface area contributed by atoms with Gasteiger partial charge in [0.2, 0.25) is 5.95 Å². The van der Waals surface area contributed by atoms with Gasteiger partial charge < -0.3 is 10.0 Å². The van der Waals surface area contributed by atoms with E-state index >= 15 is 0 Å². The predicted molar refractivity (Wildman–Crippen MR) is 71.8 cm³/mol. The van der Waals surface area contributed by atoms with Gasteiger partial charge in [-0.2, -0.15) is 9.97 Å². The minimum atomic E-state index is -1.24. The van der Waals surface area contributed by atoms with Gasteiger partial charge in [0.05, 0.1) is 0 Å². The van der Waals surface area contributed by atoms with E-state index in [1.54, 1.807) is 0 Å². The second kappa shape index (κ2) is 5.71. The Kier molecular flexibility index (Phi) is 4.76. The van der Waals surface area contributed by atoms with Gasteiger partial charge in [0.1, 0.15) is 5.56 Å². The Morgan fingerprint density at radius 3 is 1.78 bits per heavy atom. The van der Waals surface area contributed by atoms with Crippen LogP contribution in [0.5, 0.6) is 0 Å². The van der Waals surface area contributed by atoms with Crippen molar-refractivity contribution >= 4 is 35.1 Å². The summed E-state index contributed by atoms with van der Waals surface area (Å²) >= 11 is 11.7. The monoisotopic (exact) mass is 291 g/mol. The highest BCUT2D eigenvalue weighted by atomic mass is 35.5. The number of anilines is 1. The van der Waals surface area contributed by atoms with Crippen molar-refractivity contribution in [2.24, 2.45) is 0 Å². The molecular formula is C11H15Cl2N3O2. The summed E-state index contributed by atoms with van der Waals surface area (Å²) in [6.45, 7) is 7.93. The number of hydrogen-bond donors (Lipinski definition) is 1. The smallest absolute Gasteiger partial charge is 0.342 e. The zero-order valence-corrected chi connectivity index (χ0v) is 12.1. The summed E-state index contributed by atoms with van der Waals surface area (Å²) in [7, 11) is 0. The van der Waals surface area contributed by atoms with Crippen LogP contribution in [0.4, 0.5) is 5.95 Å². The third-order valence-electron chi connectivity index (χ3n) is 2.37. The Morgan fingerprint density at radius 2 is 1.50 bits per heavy atom. The molecule has 1 aromatic rings. The van der Waals surface area contributed by atoms with Crippen LogP contribution in [0, 0.1) is 0 Å². The first-order valence-corrected chi connectivity index (χ1v) is 6.26. The molecule has 18 heavy (non-hydrogen) atoms. The van der Waals surface area contributed by atoms with E-state index < -0.39 is 5.97 Å². The molecule has 1 N–H and O–H groups in total. The summed E-state index contributed by atoms with van der Waals surface area (Å²) in [6.07, 6.45) is 0. The fourth-order valence-corrected chi connectivity index (χ4v) is 2.29. The number of carboxylic acid groups (broad SMARTS) is 1. The molecule has 1 heterocycles. The number of carboxylic acids is 1. The molecule has 0 spiro atoms. The molecule has 5 nitrogen and oxygen atoms in total. The van der Waals surface area contributed by atoms with Gasteiger partial charge in [-0.1, -0.05) is 23.2 Å². The van der Waals surface area contributed by atoms with E-state index in [-0.39, 0.29) is 28.0 Å². The van der Waals surface area contributed by atoms with Gasteiger partial charge in [0, 0.05) is 12.1 Å². The number of nitrogens with zero attached hydrogens (tertiary/aromatic N) is 3. The molecule has 0 unspecified atom stereocenters. The van der Waals surface area contributed by atoms with Crippen molar-refractivity contribution in [1.82, 2.24) is 9.97 Å². The van der Waals surface area contributed by atoms with Gasteiger partial charge >= 0.3 is 5.97 Å². The predicted octanol–water partition coefficient (Wildman–Crippen LogP) is 3.10. The number of hydrogen-bond acceptors (Lipinski definition) is 4. The maximum atomic E-state index is 10.9. The lowest BCUT2D eigenvalue weighted by Crippen LogP contribution is -2.38. The van der Waals surface area contributed by atoms with Gasteiger partial charge in [0.15, 0.2) is 10.3 Å². The summed E-state index contributed by atoms with van der Waals surface area (Å²) in [5.41, 5.74) is -0.269. The fourth-order valence-electron chi connectivity index (χ4n) is 1.75. The van der Waals surface area contributed by atoms with Crippen molar-refractivity contribution < 1.29 is 9.90 Å². The first kappa shape index (κ1) is 15.0. The summed E-state index contributed by atoms with van der Waals surface area (Å²) in [5, 5.41) is 8.63. The van der Waals surface area contributed by atoms with E-state index in [1.165, 1.54) is 0 Å². The van der Waals surface area contributed by atoms with Crippen molar-refractivity contribution in [3.63, 3.8) is 0 Å². The number of aromatic nitrogens is 2. The van der Waals surface area contributed by atoms with E-state index in [1.807, 2.05) is 32.6 Å². The Balaban J connectivity index is 3.32. The van der Waals surface area contributed by atoms with E-state index in [4.69, 9.17) is 28.3 Å². The van der Waals surface area contributed by atoms with Crippen LogP contribution in [-0.2, 0) is 0 Å². The molecule has 0 bridgehead atoms. The lowest BCUT2D eigenvalue weighted by atomic mass is 10.2. The van der Waals surface area contributed by atoms with Crippen LogP contribution < -0.4 is 4.90 Å². The third-order valence-corrected chi connectivity index (χ3v) is 2.91. The summed E-state index contributed by atoms with van der Waals surface area (Å²) in [6, 6.07) is 0.292. The largest absolute Gasteiger partial charge is 0.477 e. The molecule has 100 valence electrons. The van der Waals surface area contributed by atoms with E-state index in [0.29, 0.717) is 5.95 Å². The van der Waals surface area contributed by atoms with E-state index in [9.17, 15) is 4.79 Å². The summed E-state index contributed by atoms with van der Waals surface area (Å²) in [4.78, 5) is 20.9. The molecule has 1 aromatic heterocycles. The molecule has 0 aliphatic carbocycles. The van der Waals surface area contributed by atoms with Crippen molar-refractivity contribution in [3.8, 4) is 0 Å². The maximum absolute atomic E-state index is 10.9. The molecule has 0 saturated heterocycles. The molecular weight excluding hydrogens is 277 g/mol. The highest BCUT2D eigenvalue weighted by Crippen LogP contribution is 2.26. The Labute approximate surface area is 116 Å². The molecule has 0 amide bonds. The van der Waals surface area contributed by atoms with Crippen molar-refractivity contribution in [3.05, 3.63) is 15.9 Å². The highest BCUT2D eigenvalue weighted by Gasteiger charge is 2.23. The van der Waals surface area contributed by atoms with Gasteiger partial charge in [0.25, 0.3) is 0 Å². The molecule has 0 aliphatic heterocycles. The second-order valence-corrected chi connectivity index (χ2v) is 5.10. The molecule has 0 aromatic carbocycles. The van der Waals surface area contributed by atoms with Crippen LogP contribution in [0.3, 0.4) is 0 Å². The second-order valence-electron chi connectivity index (χ2n) is 4.38. The standard InChI is InChI=1S/C11H15Cl2N3O2/c1-5(2)16(6(3)4)11-14-8(12)7(10(17)18)9(13)15-11/h5-6H,1-4H3,(H,17,18). The first-order chi connectivity index (χ1) is 8.25. The number of aromatic carboxylic acids is 1. The zero-order valence-electron chi connectivity index (χ0n) is 10.6. The van der Waals surface area contributed by atoms with Crippen LogP contribution in [0.2, 0.25) is 10.3 Å². The van der Waals surface area contributed by atoms with Crippen molar-refractivity contribution in [2.45, 2.75) is 39.8 Å². The van der Waals surface area contributed by atoms with Gasteiger partial charge in [-0.3, -0.25) is 0 Å². The molecule has 0 radical (unpaired) electrons. The minimum absolute atomic E-state index is 0.146. The zero-order chi connectivity index (χ0) is 14.0. The number of rotatable bonds is 4. The van der Waals surface area contributed by atoms with Crippen molar-refractivity contribution in [2.75, 3.05) is 4.90 Å². The van der Waals surface area contributed by atoms with Crippen LogP contribution >= 0.6 is 23.2 Å². The normalized spacial score (nSPS) is 11.1. The highest BCUT2D eigenvalue weighted by molar-refractivity contribution is 6.37. The van der Waals surface area contributed by atoms with Gasteiger partial charge in [-0.05, 0) is 27.7 Å². The first-order valence-electron chi connectivity index (χ1n) is 5.50. The van der Waals surface area contributed by atoms with Crippen LogP contribution in [0.15, 0.2) is 0 Å². The molecule has 0 fully saturated rings. The lowest BCUT2D eigenvalue weighted by Gasteiger charge is -2.30. The van der Waals surface area contributed by atoms with Crippen LogP contribution in [-0.4, -0.2) is 33.1 Å². The van der Waals surface area contributed by atoms with Gasteiger partial charge in [-0.25, -0.2) is 4.79 Å². The molecule has 7 heteroatoms. The summed E-state index contributed by atoms with van der Waals surface area (Å²) < 4.78 is 0. The molecule has 0 aliphatic rings. The molecule has 1 rings (SSSR count). The Hall–Kier alpha value is -1.07. The fraction of sp³-hybridized carbons (Fsp3) is 0.545. The third kappa shape index (κ3) is 3.03. The van der Waals surface area contributed by atoms with Crippen LogP contribution in [0.1, 0.15) is 38.1 Å².